The standard InChI is InChI=1S/C21H25N3OS2/c1-16-9-7-12-18-20(16)22-21(27-18)24(14-8-13-23(2)3)19(25)15-26-17-10-5-4-6-11-17/h4-7,9-12H,8,13-15H2,1-3H3. The summed E-state index contributed by atoms with van der Waals surface area (Å²) in [7, 11) is 4.11. The number of para-hydroxylation sites is 1. The van der Waals surface area contributed by atoms with Crippen molar-refractivity contribution in [2.75, 3.05) is 37.8 Å². The van der Waals surface area contributed by atoms with Crippen LogP contribution in [0.25, 0.3) is 10.2 Å². The first-order valence-electron chi connectivity index (χ1n) is 9.03. The van der Waals surface area contributed by atoms with Gasteiger partial charge in [0.1, 0.15) is 0 Å². The van der Waals surface area contributed by atoms with Crippen LogP contribution in [0, 0.1) is 6.92 Å². The summed E-state index contributed by atoms with van der Waals surface area (Å²) >= 11 is 3.18. The van der Waals surface area contributed by atoms with E-state index in [1.807, 2.05) is 41.3 Å². The highest BCUT2D eigenvalue weighted by Crippen LogP contribution is 2.31. The molecule has 3 aromatic rings. The third kappa shape index (κ3) is 5.31. The Labute approximate surface area is 169 Å². The summed E-state index contributed by atoms with van der Waals surface area (Å²) in [6.07, 6.45) is 0.920. The molecule has 1 heterocycles. The lowest BCUT2D eigenvalue weighted by atomic mass is 10.2. The van der Waals surface area contributed by atoms with Gasteiger partial charge in [-0.15, -0.1) is 11.8 Å². The number of thioether (sulfide) groups is 1. The van der Waals surface area contributed by atoms with Crippen LogP contribution in [0.3, 0.4) is 0 Å². The van der Waals surface area contributed by atoms with Crippen LogP contribution in [-0.4, -0.2) is 48.7 Å². The molecule has 0 saturated carbocycles. The third-order valence-corrected chi connectivity index (χ3v) is 6.27. The minimum Gasteiger partial charge on any atom is -0.309 e. The fourth-order valence-corrected chi connectivity index (χ4v) is 4.68. The molecule has 0 unspecified atom stereocenters. The number of anilines is 1. The molecule has 0 spiro atoms. The molecule has 1 amide bonds. The number of thiazole rings is 1. The van der Waals surface area contributed by atoms with E-state index >= 15 is 0 Å². The van der Waals surface area contributed by atoms with Crippen LogP contribution in [0.4, 0.5) is 5.13 Å². The lowest BCUT2D eigenvalue weighted by molar-refractivity contribution is -0.116. The molecule has 0 fully saturated rings. The normalized spacial score (nSPS) is 11.3. The second-order valence-corrected chi connectivity index (χ2v) is 8.78. The van der Waals surface area contributed by atoms with E-state index in [-0.39, 0.29) is 5.91 Å². The number of rotatable bonds is 8. The van der Waals surface area contributed by atoms with Gasteiger partial charge in [0.15, 0.2) is 5.13 Å². The van der Waals surface area contributed by atoms with Crippen LogP contribution in [0.1, 0.15) is 12.0 Å². The van der Waals surface area contributed by atoms with Crippen molar-refractivity contribution in [3.05, 3.63) is 54.1 Å². The molecule has 0 aliphatic rings. The molecule has 0 bridgehead atoms. The zero-order valence-corrected chi connectivity index (χ0v) is 17.6. The predicted molar refractivity (Wildman–Crippen MR) is 117 cm³/mol. The van der Waals surface area contributed by atoms with Crippen LogP contribution in [0.2, 0.25) is 0 Å². The quantitative estimate of drug-likeness (QED) is 0.515. The van der Waals surface area contributed by atoms with E-state index in [2.05, 4.69) is 38.1 Å². The van der Waals surface area contributed by atoms with Crippen molar-refractivity contribution in [2.45, 2.75) is 18.2 Å². The Balaban J connectivity index is 1.78. The molecule has 1 aromatic heterocycles. The van der Waals surface area contributed by atoms with E-state index < -0.39 is 0 Å². The van der Waals surface area contributed by atoms with Crippen molar-refractivity contribution in [3.63, 3.8) is 0 Å². The fraction of sp³-hybridized carbons (Fsp3) is 0.333. The molecule has 6 heteroatoms. The molecule has 142 valence electrons. The zero-order chi connectivity index (χ0) is 19.2. The highest BCUT2D eigenvalue weighted by molar-refractivity contribution is 8.00. The number of hydrogen-bond donors (Lipinski definition) is 0. The second-order valence-electron chi connectivity index (χ2n) is 6.72. The van der Waals surface area contributed by atoms with E-state index in [0.29, 0.717) is 12.3 Å². The first kappa shape index (κ1) is 19.9. The smallest absolute Gasteiger partial charge is 0.239 e. The average molecular weight is 400 g/mol. The molecule has 0 radical (unpaired) electrons. The van der Waals surface area contributed by atoms with Gasteiger partial charge in [-0.3, -0.25) is 9.69 Å². The number of hydrogen-bond acceptors (Lipinski definition) is 5. The van der Waals surface area contributed by atoms with Gasteiger partial charge < -0.3 is 4.90 Å². The van der Waals surface area contributed by atoms with Crippen LogP contribution >= 0.6 is 23.1 Å². The molecule has 4 nitrogen and oxygen atoms in total. The topological polar surface area (TPSA) is 36.4 Å². The summed E-state index contributed by atoms with van der Waals surface area (Å²) in [5.74, 6) is 0.528. The molecule has 27 heavy (non-hydrogen) atoms. The van der Waals surface area contributed by atoms with Crippen molar-refractivity contribution >= 4 is 44.4 Å². The molecule has 0 aliphatic heterocycles. The summed E-state index contributed by atoms with van der Waals surface area (Å²) < 4.78 is 1.13. The highest BCUT2D eigenvalue weighted by atomic mass is 32.2. The maximum absolute atomic E-state index is 13.0. The van der Waals surface area contributed by atoms with Gasteiger partial charge in [-0.1, -0.05) is 41.7 Å². The first-order chi connectivity index (χ1) is 13.0. The summed E-state index contributed by atoms with van der Waals surface area (Å²) in [6.45, 7) is 3.69. The average Bonchev–Trinajstić information content (AvgIpc) is 3.09. The van der Waals surface area contributed by atoms with E-state index in [0.717, 1.165) is 38.8 Å². The van der Waals surface area contributed by atoms with Gasteiger partial charge in [0.05, 0.1) is 16.0 Å². The number of aromatic nitrogens is 1. The molecule has 0 atom stereocenters. The Morgan fingerprint density at radius 1 is 1.07 bits per heavy atom. The van der Waals surface area contributed by atoms with Crippen LogP contribution in [-0.2, 0) is 4.79 Å². The minimum absolute atomic E-state index is 0.110. The van der Waals surface area contributed by atoms with Crippen molar-refractivity contribution < 1.29 is 4.79 Å². The predicted octanol–water partition coefficient (Wildman–Crippen LogP) is 4.68. The van der Waals surface area contributed by atoms with Crippen molar-refractivity contribution in [3.8, 4) is 0 Å². The van der Waals surface area contributed by atoms with E-state index in [1.54, 1.807) is 23.1 Å². The second kappa shape index (κ2) is 9.35. The van der Waals surface area contributed by atoms with Crippen LogP contribution in [0.15, 0.2) is 53.4 Å². The summed E-state index contributed by atoms with van der Waals surface area (Å²) in [5, 5.41) is 0.803. The summed E-state index contributed by atoms with van der Waals surface area (Å²) in [5.41, 5.74) is 2.15. The number of fused-ring (bicyclic) bond motifs is 1. The van der Waals surface area contributed by atoms with E-state index in [9.17, 15) is 4.79 Å². The number of carbonyl (C=O) groups is 1. The Morgan fingerprint density at radius 3 is 2.56 bits per heavy atom. The Kier molecular flexibility index (Phi) is 6.88. The van der Waals surface area contributed by atoms with Gasteiger partial charge in [-0.25, -0.2) is 4.98 Å². The van der Waals surface area contributed by atoms with Gasteiger partial charge in [-0.2, -0.15) is 0 Å². The van der Waals surface area contributed by atoms with Crippen molar-refractivity contribution in [1.82, 2.24) is 9.88 Å². The Hall–Kier alpha value is -1.89. The number of nitrogens with zero attached hydrogens (tertiary/aromatic N) is 3. The minimum atomic E-state index is 0.110. The number of benzene rings is 2. The van der Waals surface area contributed by atoms with E-state index in [1.165, 1.54) is 0 Å². The molecular weight excluding hydrogens is 374 g/mol. The van der Waals surface area contributed by atoms with E-state index in [4.69, 9.17) is 4.98 Å². The third-order valence-electron chi connectivity index (χ3n) is 4.23. The maximum atomic E-state index is 13.0. The van der Waals surface area contributed by atoms with Crippen LogP contribution < -0.4 is 4.90 Å². The highest BCUT2D eigenvalue weighted by Gasteiger charge is 2.20. The van der Waals surface area contributed by atoms with Crippen LogP contribution in [0.5, 0.6) is 0 Å². The molecule has 2 aromatic carbocycles. The van der Waals surface area contributed by atoms with Gasteiger partial charge >= 0.3 is 0 Å². The van der Waals surface area contributed by atoms with Gasteiger partial charge in [-0.05, 0) is 57.7 Å². The summed E-state index contributed by atoms with van der Waals surface area (Å²) in [4.78, 5) is 22.9. The molecule has 0 N–H and O–H groups in total. The molecule has 3 rings (SSSR count). The number of aryl methyl sites for hydroxylation is 1. The monoisotopic (exact) mass is 399 g/mol. The Morgan fingerprint density at radius 2 is 1.85 bits per heavy atom. The largest absolute Gasteiger partial charge is 0.309 e. The lowest BCUT2D eigenvalue weighted by Gasteiger charge is -2.21. The molecule has 0 saturated heterocycles. The van der Waals surface area contributed by atoms with Gasteiger partial charge in [0, 0.05) is 11.4 Å². The fourth-order valence-electron chi connectivity index (χ4n) is 2.80. The SMILES string of the molecule is Cc1cccc2sc(N(CCCN(C)C)C(=O)CSc3ccccc3)nc12. The van der Waals surface area contributed by atoms with Crippen molar-refractivity contribution in [1.29, 1.82) is 0 Å². The van der Waals surface area contributed by atoms with Gasteiger partial charge in [0.25, 0.3) is 0 Å². The van der Waals surface area contributed by atoms with Gasteiger partial charge in [0.2, 0.25) is 5.91 Å². The Bertz CT molecular complexity index is 893. The number of carbonyl (C=O) groups excluding carboxylic acids is 1. The van der Waals surface area contributed by atoms with Crippen molar-refractivity contribution in [2.24, 2.45) is 0 Å². The zero-order valence-electron chi connectivity index (χ0n) is 16.0. The number of amides is 1. The molecule has 0 aliphatic carbocycles. The maximum Gasteiger partial charge on any atom is 0.239 e. The first-order valence-corrected chi connectivity index (χ1v) is 10.8. The summed E-state index contributed by atoms with van der Waals surface area (Å²) in [6, 6.07) is 16.2. The molecular formula is C21H25N3OS2. The lowest BCUT2D eigenvalue weighted by Crippen LogP contribution is -2.34.